The standard InChI is InChI=1S/C14H24N4O4S/c1-5-23-9-8-18-10(11(12(19)20)16-17-18)6-7-15-13(21)22-14(2,3)4/h5-9H2,1-4H3,(H,15,21)(H,19,20). The van der Waals surface area contributed by atoms with Crippen LogP contribution in [0.5, 0.6) is 0 Å². The molecule has 1 aromatic heterocycles. The number of ether oxygens (including phenoxy) is 1. The van der Waals surface area contributed by atoms with Gasteiger partial charge in [-0.3, -0.25) is 0 Å². The van der Waals surface area contributed by atoms with Gasteiger partial charge in [0.25, 0.3) is 0 Å². The first-order valence-electron chi connectivity index (χ1n) is 7.45. The molecule has 0 bridgehead atoms. The summed E-state index contributed by atoms with van der Waals surface area (Å²) in [6, 6.07) is 0. The lowest BCUT2D eigenvalue weighted by atomic mass is 10.2. The molecule has 0 saturated heterocycles. The minimum Gasteiger partial charge on any atom is -0.476 e. The van der Waals surface area contributed by atoms with E-state index in [1.165, 1.54) is 0 Å². The summed E-state index contributed by atoms with van der Waals surface area (Å²) in [6.07, 6.45) is -0.208. The van der Waals surface area contributed by atoms with Crippen LogP contribution in [0, 0.1) is 0 Å². The Morgan fingerprint density at radius 1 is 1.39 bits per heavy atom. The van der Waals surface area contributed by atoms with E-state index in [-0.39, 0.29) is 12.2 Å². The molecule has 2 N–H and O–H groups in total. The van der Waals surface area contributed by atoms with E-state index >= 15 is 0 Å². The van der Waals surface area contributed by atoms with Crippen LogP contribution < -0.4 is 5.32 Å². The number of alkyl carbamates (subject to hydrolysis) is 1. The fourth-order valence-electron chi connectivity index (χ4n) is 1.82. The van der Waals surface area contributed by atoms with Gasteiger partial charge < -0.3 is 15.2 Å². The fourth-order valence-corrected chi connectivity index (χ4v) is 2.41. The summed E-state index contributed by atoms with van der Waals surface area (Å²) < 4.78 is 6.72. The van der Waals surface area contributed by atoms with Gasteiger partial charge in [-0.25, -0.2) is 14.3 Å². The van der Waals surface area contributed by atoms with Crippen LogP contribution in [0.15, 0.2) is 0 Å². The molecule has 130 valence electrons. The van der Waals surface area contributed by atoms with Gasteiger partial charge in [0.2, 0.25) is 0 Å². The molecule has 0 aliphatic carbocycles. The third-order valence-corrected chi connectivity index (χ3v) is 3.60. The second-order valence-corrected chi connectivity index (χ2v) is 7.18. The van der Waals surface area contributed by atoms with Crippen LogP contribution in [-0.2, 0) is 17.7 Å². The van der Waals surface area contributed by atoms with Gasteiger partial charge in [0, 0.05) is 18.7 Å². The molecular formula is C14H24N4O4S. The maximum absolute atomic E-state index is 11.6. The number of rotatable bonds is 8. The quantitative estimate of drug-likeness (QED) is 0.692. The van der Waals surface area contributed by atoms with Crippen molar-refractivity contribution in [3.63, 3.8) is 0 Å². The van der Waals surface area contributed by atoms with Crippen molar-refractivity contribution >= 4 is 23.8 Å². The lowest BCUT2D eigenvalue weighted by Crippen LogP contribution is -2.34. The average Bonchev–Trinajstić information content (AvgIpc) is 2.80. The van der Waals surface area contributed by atoms with Crippen molar-refractivity contribution in [2.75, 3.05) is 18.1 Å². The number of thioether (sulfide) groups is 1. The molecule has 0 atom stereocenters. The first-order valence-corrected chi connectivity index (χ1v) is 8.60. The van der Waals surface area contributed by atoms with Crippen LogP contribution >= 0.6 is 11.8 Å². The minimum atomic E-state index is -1.12. The molecule has 0 aliphatic heterocycles. The predicted octanol–water partition coefficient (Wildman–Crippen LogP) is 1.80. The number of carboxylic acids is 1. The Morgan fingerprint density at radius 2 is 2.09 bits per heavy atom. The highest BCUT2D eigenvalue weighted by molar-refractivity contribution is 7.99. The fraction of sp³-hybridized carbons (Fsp3) is 0.714. The van der Waals surface area contributed by atoms with E-state index in [2.05, 4.69) is 22.6 Å². The van der Waals surface area contributed by atoms with E-state index in [9.17, 15) is 14.7 Å². The van der Waals surface area contributed by atoms with Crippen molar-refractivity contribution in [1.82, 2.24) is 20.3 Å². The summed E-state index contributed by atoms with van der Waals surface area (Å²) in [6.45, 7) is 8.23. The Kier molecular flexibility index (Phi) is 7.34. The number of aromatic carboxylic acids is 1. The summed E-state index contributed by atoms with van der Waals surface area (Å²) >= 11 is 1.74. The van der Waals surface area contributed by atoms with Crippen LogP contribution in [0.25, 0.3) is 0 Å². The molecule has 1 rings (SSSR count). The SMILES string of the molecule is CCSCCn1nnc(C(=O)O)c1CCNC(=O)OC(C)(C)C. The minimum absolute atomic E-state index is 0.0718. The summed E-state index contributed by atoms with van der Waals surface area (Å²) in [4.78, 5) is 22.8. The molecule has 0 fully saturated rings. The smallest absolute Gasteiger partial charge is 0.407 e. The van der Waals surface area contributed by atoms with Crippen LogP contribution in [0.4, 0.5) is 4.79 Å². The number of aromatic nitrogens is 3. The van der Waals surface area contributed by atoms with E-state index in [1.54, 1.807) is 37.2 Å². The maximum atomic E-state index is 11.6. The van der Waals surface area contributed by atoms with Crippen LogP contribution in [-0.4, -0.2) is 55.8 Å². The number of nitrogens with zero attached hydrogens (tertiary/aromatic N) is 3. The van der Waals surface area contributed by atoms with Crippen LogP contribution in [0.3, 0.4) is 0 Å². The number of nitrogens with one attached hydrogen (secondary N) is 1. The zero-order valence-corrected chi connectivity index (χ0v) is 14.8. The van der Waals surface area contributed by atoms with E-state index in [1.807, 2.05) is 0 Å². The van der Waals surface area contributed by atoms with Gasteiger partial charge in [-0.2, -0.15) is 11.8 Å². The second-order valence-electron chi connectivity index (χ2n) is 5.79. The highest BCUT2D eigenvalue weighted by atomic mass is 32.2. The van der Waals surface area contributed by atoms with Crippen LogP contribution in [0.1, 0.15) is 43.9 Å². The highest BCUT2D eigenvalue weighted by Gasteiger charge is 2.20. The van der Waals surface area contributed by atoms with E-state index in [0.717, 1.165) is 11.5 Å². The predicted molar refractivity (Wildman–Crippen MR) is 87.9 cm³/mol. The molecule has 1 heterocycles. The summed E-state index contributed by atoms with van der Waals surface area (Å²) in [7, 11) is 0. The number of hydrogen-bond donors (Lipinski definition) is 2. The normalized spacial score (nSPS) is 11.3. The lowest BCUT2D eigenvalue weighted by molar-refractivity contribution is 0.0528. The first kappa shape index (κ1) is 19.3. The van der Waals surface area contributed by atoms with Crippen molar-refractivity contribution in [2.45, 2.75) is 46.3 Å². The van der Waals surface area contributed by atoms with Crippen molar-refractivity contribution in [3.05, 3.63) is 11.4 Å². The molecule has 1 amide bonds. The van der Waals surface area contributed by atoms with Crippen molar-refractivity contribution in [1.29, 1.82) is 0 Å². The molecule has 9 heteroatoms. The largest absolute Gasteiger partial charge is 0.476 e. The molecule has 0 saturated carbocycles. The van der Waals surface area contributed by atoms with Gasteiger partial charge >= 0.3 is 12.1 Å². The number of carboxylic acid groups (broad SMARTS) is 1. The highest BCUT2D eigenvalue weighted by Crippen LogP contribution is 2.09. The average molecular weight is 344 g/mol. The van der Waals surface area contributed by atoms with E-state index in [0.29, 0.717) is 18.7 Å². The second kappa shape index (κ2) is 8.76. The van der Waals surface area contributed by atoms with E-state index in [4.69, 9.17) is 4.74 Å². The molecule has 0 aromatic carbocycles. The zero-order valence-electron chi connectivity index (χ0n) is 14.0. The van der Waals surface area contributed by atoms with Crippen molar-refractivity contribution in [2.24, 2.45) is 0 Å². The molecule has 8 nitrogen and oxygen atoms in total. The lowest BCUT2D eigenvalue weighted by Gasteiger charge is -2.19. The number of carbonyl (C=O) groups excluding carboxylic acids is 1. The Hall–Kier alpha value is -1.77. The molecule has 0 unspecified atom stereocenters. The Balaban J connectivity index is 2.64. The number of aryl methyl sites for hydroxylation is 1. The molecule has 0 spiro atoms. The van der Waals surface area contributed by atoms with Crippen molar-refractivity contribution in [3.8, 4) is 0 Å². The summed E-state index contributed by atoms with van der Waals surface area (Å²) in [5.41, 5.74) is -0.139. The Morgan fingerprint density at radius 3 is 2.65 bits per heavy atom. The topological polar surface area (TPSA) is 106 Å². The Labute approximate surface area is 140 Å². The Bertz CT molecular complexity index is 539. The van der Waals surface area contributed by atoms with Gasteiger partial charge in [-0.05, 0) is 26.5 Å². The molecule has 23 heavy (non-hydrogen) atoms. The number of carbonyl (C=O) groups is 2. The van der Waals surface area contributed by atoms with Gasteiger partial charge in [0.05, 0.1) is 12.2 Å². The van der Waals surface area contributed by atoms with E-state index < -0.39 is 17.7 Å². The van der Waals surface area contributed by atoms with Gasteiger partial charge in [0.15, 0.2) is 5.69 Å². The molecule has 0 aliphatic rings. The zero-order chi connectivity index (χ0) is 17.5. The van der Waals surface area contributed by atoms with Crippen molar-refractivity contribution < 1.29 is 19.4 Å². The third kappa shape index (κ3) is 6.89. The number of amides is 1. The molecule has 1 aromatic rings. The summed E-state index contributed by atoms with van der Waals surface area (Å²) in [5.74, 6) is 0.688. The van der Waals surface area contributed by atoms with Crippen LogP contribution in [0.2, 0.25) is 0 Å². The molecular weight excluding hydrogens is 320 g/mol. The maximum Gasteiger partial charge on any atom is 0.407 e. The van der Waals surface area contributed by atoms with Gasteiger partial charge in [-0.1, -0.05) is 12.1 Å². The number of hydrogen-bond acceptors (Lipinski definition) is 6. The van der Waals surface area contributed by atoms with Gasteiger partial charge in [-0.15, -0.1) is 5.10 Å². The molecule has 0 radical (unpaired) electrons. The summed E-state index contributed by atoms with van der Waals surface area (Å²) in [5, 5.41) is 19.4. The third-order valence-electron chi connectivity index (χ3n) is 2.72. The first-order chi connectivity index (χ1) is 10.7. The van der Waals surface area contributed by atoms with Gasteiger partial charge in [0.1, 0.15) is 5.60 Å². The monoisotopic (exact) mass is 344 g/mol.